The van der Waals surface area contributed by atoms with Gasteiger partial charge in [0.2, 0.25) is 0 Å². The van der Waals surface area contributed by atoms with E-state index in [2.05, 4.69) is 9.97 Å². The van der Waals surface area contributed by atoms with Gasteiger partial charge in [0, 0.05) is 5.56 Å². The summed E-state index contributed by atoms with van der Waals surface area (Å²) in [5.41, 5.74) is 0.286. The molecule has 0 aliphatic heterocycles. The van der Waals surface area contributed by atoms with Crippen LogP contribution in [0.4, 0.5) is 0 Å². The van der Waals surface area contributed by atoms with Gasteiger partial charge in [0.15, 0.2) is 0 Å². The summed E-state index contributed by atoms with van der Waals surface area (Å²) in [7, 11) is -4.59. The topological polar surface area (TPSA) is 158 Å². The average Bonchev–Trinajstić information content (AvgIpc) is 2.98. The first-order valence-electron chi connectivity index (χ1n) is 6.75. The fraction of sp³-hybridized carbons (Fsp3) is 0. The maximum absolute atomic E-state index is 11.5. The van der Waals surface area contributed by atoms with Gasteiger partial charge >= 0.3 is 22.1 Å². The molecule has 0 saturated carbocycles. The minimum absolute atomic E-state index is 0.0615. The number of nitrogens with zero attached hydrogens (tertiary/aromatic N) is 1. The average molecular weight is 362 g/mol. The SMILES string of the molecule is O=C(O)c1ccc(C(=O)O)c(-c2cccc3[nH]c(S(=O)(=O)O)nc23)c1. The van der Waals surface area contributed by atoms with E-state index >= 15 is 0 Å². The molecule has 3 aromatic rings. The molecule has 0 radical (unpaired) electrons. The molecule has 128 valence electrons. The molecule has 2 aromatic carbocycles. The van der Waals surface area contributed by atoms with Gasteiger partial charge in [0.1, 0.15) is 0 Å². The number of aromatic nitrogens is 2. The highest BCUT2D eigenvalue weighted by Gasteiger charge is 2.21. The summed E-state index contributed by atoms with van der Waals surface area (Å²) in [5.74, 6) is -2.53. The van der Waals surface area contributed by atoms with Crippen LogP contribution in [0.25, 0.3) is 22.2 Å². The van der Waals surface area contributed by atoms with Gasteiger partial charge < -0.3 is 15.2 Å². The zero-order chi connectivity index (χ0) is 18.4. The molecule has 9 nitrogen and oxygen atoms in total. The van der Waals surface area contributed by atoms with Crippen LogP contribution in [0.15, 0.2) is 41.6 Å². The van der Waals surface area contributed by atoms with Crippen LogP contribution in [-0.4, -0.2) is 45.1 Å². The molecule has 0 spiro atoms. The summed E-state index contributed by atoms with van der Waals surface area (Å²) < 4.78 is 31.6. The number of imidazole rings is 1. The standard InChI is InChI=1S/C15H10N2O7S/c18-13(19)7-4-5-9(14(20)21)10(6-7)8-2-1-3-11-12(8)17-15(16-11)25(22,23)24/h1-6H,(H,16,17)(H,18,19)(H,20,21)(H,22,23,24). The lowest BCUT2D eigenvalue weighted by atomic mass is 9.96. The lowest BCUT2D eigenvalue weighted by molar-refractivity contribution is 0.0682. The molecule has 1 aromatic heterocycles. The number of hydrogen-bond donors (Lipinski definition) is 4. The van der Waals surface area contributed by atoms with Gasteiger partial charge in [-0.3, -0.25) is 4.55 Å². The van der Waals surface area contributed by atoms with Crippen molar-refractivity contribution >= 4 is 33.1 Å². The molecule has 0 unspecified atom stereocenters. The largest absolute Gasteiger partial charge is 0.478 e. The Hall–Kier alpha value is -3.24. The van der Waals surface area contributed by atoms with Gasteiger partial charge in [0.05, 0.1) is 22.2 Å². The third-order valence-electron chi connectivity index (χ3n) is 3.52. The molecule has 10 heteroatoms. The van der Waals surface area contributed by atoms with Crippen LogP contribution in [-0.2, 0) is 10.1 Å². The van der Waals surface area contributed by atoms with E-state index in [9.17, 15) is 23.1 Å². The zero-order valence-electron chi connectivity index (χ0n) is 12.3. The number of hydrogen-bond acceptors (Lipinski definition) is 5. The number of fused-ring (bicyclic) bond motifs is 1. The highest BCUT2D eigenvalue weighted by atomic mass is 32.2. The minimum atomic E-state index is -4.59. The highest BCUT2D eigenvalue weighted by Crippen LogP contribution is 2.31. The first-order chi connectivity index (χ1) is 11.7. The van der Waals surface area contributed by atoms with E-state index in [1.165, 1.54) is 24.3 Å². The summed E-state index contributed by atoms with van der Waals surface area (Å²) in [6.07, 6.45) is 0. The van der Waals surface area contributed by atoms with E-state index in [0.717, 1.165) is 12.1 Å². The van der Waals surface area contributed by atoms with Crippen molar-refractivity contribution in [3.63, 3.8) is 0 Å². The van der Waals surface area contributed by atoms with E-state index in [1.54, 1.807) is 0 Å². The quantitative estimate of drug-likeness (QED) is 0.512. The Morgan fingerprint density at radius 1 is 1.00 bits per heavy atom. The number of benzene rings is 2. The van der Waals surface area contributed by atoms with Crippen LogP contribution in [0.3, 0.4) is 0 Å². The Morgan fingerprint density at radius 2 is 1.72 bits per heavy atom. The first-order valence-corrected chi connectivity index (χ1v) is 8.19. The second-order valence-corrected chi connectivity index (χ2v) is 6.43. The zero-order valence-corrected chi connectivity index (χ0v) is 13.1. The van der Waals surface area contributed by atoms with Gasteiger partial charge in [-0.25, -0.2) is 14.6 Å². The molecule has 1 heterocycles. The summed E-state index contributed by atoms with van der Waals surface area (Å²) >= 11 is 0. The third-order valence-corrected chi connectivity index (χ3v) is 4.20. The summed E-state index contributed by atoms with van der Waals surface area (Å²) in [6.45, 7) is 0. The summed E-state index contributed by atoms with van der Waals surface area (Å²) in [5, 5.41) is 17.8. The molecule has 0 atom stereocenters. The van der Waals surface area contributed by atoms with Crippen molar-refractivity contribution in [1.82, 2.24) is 9.97 Å². The van der Waals surface area contributed by atoms with Crippen LogP contribution in [0, 0.1) is 0 Å². The number of carboxylic acid groups (broad SMARTS) is 2. The molecule has 25 heavy (non-hydrogen) atoms. The van der Waals surface area contributed by atoms with Gasteiger partial charge in [-0.05, 0) is 29.8 Å². The number of para-hydroxylation sites is 1. The van der Waals surface area contributed by atoms with E-state index in [0.29, 0.717) is 0 Å². The molecular weight excluding hydrogens is 352 g/mol. The minimum Gasteiger partial charge on any atom is -0.478 e. The van der Waals surface area contributed by atoms with Gasteiger partial charge in [-0.1, -0.05) is 12.1 Å². The molecule has 3 rings (SSSR count). The fourth-order valence-electron chi connectivity index (χ4n) is 2.44. The predicted molar refractivity (Wildman–Crippen MR) is 85.3 cm³/mol. The number of aromatic amines is 1. The van der Waals surface area contributed by atoms with Crippen LogP contribution < -0.4 is 0 Å². The van der Waals surface area contributed by atoms with Gasteiger partial charge in [-0.2, -0.15) is 8.42 Å². The number of H-pyrrole nitrogens is 1. The Balaban J connectivity index is 2.36. The van der Waals surface area contributed by atoms with Crippen molar-refractivity contribution in [3.8, 4) is 11.1 Å². The number of rotatable bonds is 4. The first kappa shape index (κ1) is 16.6. The van der Waals surface area contributed by atoms with Gasteiger partial charge in [-0.15, -0.1) is 0 Å². The third kappa shape index (κ3) is 2.95. The number of carboxylic acids is 2. The van der Waals surface area contributed by atoms with E-state index < -0.39 is 27.2 Å². The number of aromatic carboxylic acids is 2. The summed E-state index contributed by atoms with van der Waals surface area (Å²) in [6, 6.07) is 7.96. The second kappa shape index (κ2) is 5.69. The molecule has 0 bridgehead atoms. The van der Waals surface area contributed by atoms with Crippen molar-refractivity contribution in [2.45, 2.75) is 5.16 Å². The molecule has 0 aliphatic carbocycles. The predicted octanol–water partition coefficient (Wildman–Crippen LogP) is 1.87. The van der Waals surface area contributed by atoms with Gasteiger partial charge in [0.25, 0.3) is 5.16 Å². The Kier molecular flexibility index (Phi) is 3.78. The van der Waals surface area contributed by atoms with Crippen molar-refractivity contribution in [2.24, 2.45) is 0 Å². The second-order valence-electron chi connectivity index (χ2n) is 5.09. The van der Waals surface area contributed by atoms with Crippen molar-refractivity contribution < 1.29 is 32.8 Å². The van der Waals surface area contributed by atoms with Crippen LogP contribution >= 0.6 is 0 Å². The van der Waals surface area contributed by atoms with E-state index in [-0.39, 0.29) is 33.3 Å². The summed E-state index contributed by atoms with van der Waals surface area (Å²) in [4.78, 5) is 28.9. The van der Waals surface area contributed by atoms with Crippen molar-refractivity contribution in [3.05, 3.63) is 47.5 Å². The number of carbonyl (C=O) groups is 2. The van der Waals surface area contributed by atoms with E-state index in [4.69, 9.17) is 9.66 Å². The van der Waals surface area contributed by atoms with Crippen molar-refractivity contribution in [1.29, 1.82) is 0 Å². The Morgan fingerprint density at radius 3 is 2.32 bits per heavy atom. The Bertz CT molecular complexity index is 1130. The number of nitrogens with one attached hydrogen (secondary N) is 1. The molecular formula is C15H10N2O7S. The lowest BCUT2D eigenvalue weighted by Crippen LogP contribution is -2.04. The fourth-order valence-corrected chi connectivity index (χ4v) is 2.88. The maximum Gasteiger partial charge on any atom is 0.336 e. The molecule has 4 N–H and O–H groups in total. The highest BCUT2D eigenvalue weighted by molar-refractivity contribution is 7.85. The maximum atomic E-state index is 11.5. The van der Waals surface area contributed by atoms with Crippen LogP contribution in [0.2, 0.25) is 0 Å². The smallest absolute Gasteiger partial charge is 0.336 e. The molecule has 0 amide bonds. The monoisotopic (exact) mass is 362 g/mol. The normalized spacial score (nSPS) is 11.6. The van der Waals surface area contributed by atoms with E-state index in [1.807, 2.05) is 0 Å². The lowest BCUT2D eigenvalue weighted by Gasteiger charge is -2.08. The molecule has 0 aliphatic rings. The molecule has 0 fully saturated rings. The van der Waals surface area contributed by atoms with Crippen molar-refractivity contribution in [2.75, 3.05) is 0 Å². The van der Waals surface area contributed by atoms with Crippen LogP contribution in [0.5, 0.6) is 0 Å². The Labute approximate surface area is 140 Å². The molecule has 0 saturated heterocycles. The van der Waals surface area contributed by atoms with Crippen LogP contribution in [0.1, 0.15) is 20.7 Å².